The van der Waals surface area contributed by atoms with Crippen LogP contribution in [0.3, 0.4) is 0 Å². The molecule has 3 rings (SSSR count). The molecule has 0 spiro atoms. The van der Waals surface area contributed by atoms with Crippen LogP contribution in [0.1, 0.15) is 49.0 Å². The van der Waals surface area contributed by atoms with Gasteiger partial charge < -0.3 is 25.8 Å². The van der Waals surface area contributed by atoms with Crippen molar-refractivity contribution in [1.82, 2.24) is 10.6 Å². The number of amidine groups is 1. The Bertz CT molecular complexity index is 963. The molecule has 2 atom stereocenters. The van der Waals surface area contributed by atoms with Gasteiger partial charge in [-0.1, -0.05) is 24.3 Å². The van der Waals surface area contributed by atoms with Crippen molar-refractivity contribution in [3.05, 3.63) is 64.7 Å². The number of nitrogens with one attached hydrogen (secondary N) is 3. The SMILES string of the molecule is CCO[C@H](C(=O)NCc1ccc(C(=N)N)cc1)c1c(F)ccc(OCCC2CCCN2)c1F. The number of carbonyl (C=O) groups excluding carboxylic acids is 1. The number of amides is 1. The number of hydrogen-bond donors (Lipinski definition) is 4. The minimum atomic E-state index is -1.47. The van der Waals surface area contributed by atoms with Gasteiger partial charge in [0.2, 0.25) is 0 Å². The Kier molecular flexibility index (Phi) is 8.73. The van der Waals surface area contributed by atoms with Gasteiger partial charge in [0.25, 0.3) is 5.91 Å². The lowest BCUT2D eigenvalue weighted by Gasteiger charge is -2.20. The third kappa shape index (κ3) is 6.49. The fraction of sp³-hybridized carbons (Fsp3) is 0.417. The second-order valence-electron chi connectivity index (χ2n) is 7.87. The standard InChI is InChI=1S/C24H30F2N4O3/c1-2-32-22(24(31)30-14-15-5-7-16(8-6-15)23(27)28)20-18(25)9-10-19(21(20)26)33-13-11-17-4-3-12-29-17/h5-10,17,22,29H,2-4,11-14H2,1H3,(H3,27,28)(H,30,31)/t17?,22-/m0/s1. The largest absolute Gasteiger partial charge is 0.490 e. The highest BCUT2D eigenvalue weighted by atomic mass is 19.1. The Morgan fingerprint density at radius 3 is 2.67 bits per heavy atom. The summed E-state index contributed by atoms with van der Waals surface area (Å²) in [5.41, 5.74) is 6.26. The van der Waals surface area contributed by atoms with Crippen LogP contribution in [0.4, 0.5) is 8.78 Å². The van der Waals surface area contributed by atoms with E-state index in [1.807, 2.05) is 0 Å². The predicted octanol–water partition coefficient (Wildman–Crippen LogP) is 3.16. The fourth-order valence-corrected chi connectivity index (χ4v) is 3.76. The van der Waals surface area contributed by atoms with Gasteiger partial charge in [-0.3, -0.25) is 10.2 Å². The summed E-state index contributed by atoms with van der Waals surface area (Å²) in [6, 6.07) is 9.38. The molecule has 0 radical (unpaired) electrons. The van der Waals surface area contributed by atoms with Crippen LogP contribution in [-0.2, 0) is 16.1 Å². The minimum Gasteiger partial charge on any atom is -0.490 e. The van der Waals surface area contributed by atoms with Crippen molar-refractivity contribution < 1.29 is 23.0 Å². The molecular weight excluding hydrogens is 430 g/mol. The van der Waals surface area contributed by atoms with Crippen molar-refractivity contribution in [1.29, 1.82) is 5.41 Å². The predicted molar refractivity (Wildman–Crippen MR) is 121 cm³/mol. The van der Waals surface area contributed by atoms with Gasteiger partial charge in [0.15, 0.2) is 17.7 Å². The van der Waals surface area contributed by atoms with Crippen LogP contribution in [0.15, 0.2) is 36.4 Å². The topological polar surface area (TPSA) is 109 Å². The summed E-state index contributed by atoms with van der Waals surface area (Å²) in [7, 11) is 0. The second-order valence-corrected chi connectivity index (χ2v) is 7.87. The highest BCUT2D eigenvalue weighted by Crippen LogP contribution is 2.31. The molecule has 1 saturated heterocycles. The first-order valence-electron chi connectivity index (χ1n) is 11.1. The maximum Gasteiger partial charge on any atom is 0.254 e. The van der Waals surface area contributed by atoms with Crippen molar-refractivity contribution in [2.75, 3.05) is 19.8 Å². The minimum absolute atomic E-state index is 0.0606. The van der Waals surface area contributed by atoms with Crippen LogP contribution in [0.2, 0.25) is 0 Å². The zero-order valence-corrected chi connectivity index (χ0v) is 18.6. The van der Waals surface area contributed by atoms with Crippen LogP contribution < -0.4 is 21.1 Å². The van der Waals surface area contributed by atoms with E-state index in [0.29, 0.717) is 18.0 Å². The fourth-order valence-electron chi connectivity index (χ4n) is 3.76. The lowest BCUT2D eigenvalue weighted by Crippen LogP contribution is -2.32. The van der Waals surface area contributed by atoms with Crippen molar-refractivity contribution in [3.63, 3.8) is 0 Å². The zero-order chi connectivity index (χ0) is 23.8. The maximum atomic E-state index is 15.2. The first kappa shape index (κ1) is 24.6. The van der Waals surface area contributed by atoms with E-state index in [2.05, 4.69) is 10.6 Å². The molecule has 9 heteroatoms. The quantitative estimate of drug-likeness (QED) is 0.304. The van der Waals surface area contributed by atoms with Crippen molar-refractivity contribution in [2.24, 2.45) is 5.73 Å². The first-order chi connectivity index (χ1) is 15.9. The van der Waals surface area contributed by atoms with Gasteiger partial charge in [0, 0.05) is 24.8 Å². The highest BCUT2D eigenvalue weighted by molar-refractivity contribution is 5.94. The number of nitrogen functional groups attached to an aromatic ring is 1. The third-order valence-corrected chi connectivity index (χ3v) is 5.54. The van der Waals surface area contributed by atoms with Crippen molar-refractivity contribution >= 4 is 11.7 Å². The van der Waals surface area contributed by atoms with E-state index in [1.54, 1.807) is 31.2 Å². The third-order valence-electron chi connectivity index (χ3n) is 5.54. The van der Waals surface area contributed by atoms with E-state index in [-0.39, 0.29) is 31.3 Å². The molecule has 33 heavy (non-hydrogen) atoms. The summed E-state index contributed by atoms with van der Waals surface area (Å²) in [6.45, 7) is 3.09. The number of benzene rings is 2. The Hall–Kier alpha value is -3.04. The van der Waals surface area contributed by atoms with Gasteiger partial charge in [-0.2, -0.15) is 0 Å². The Balaban J connectivity index is 1.69. The summed E-state index contributed by atoms with van der Waals surface area (Å²) in [4.78, 5) is 12.8. The average molecular weight is 461 g/mol. The molecule has 2 aromatic rings. The van der Waals surface area contributed by atoms with E-state index in [0.717, 1.165) is 31.0 Å². The van der Waals surface area contributed by atoms with Crippen LogP contribution in [0.5, 0.6) is 5.75 Å². The van der Waals surface area contributed by atoms with Gasteiger partial charge in [-0.15, -0.1) is 0 Å². The van der Waals surface area contributed by atoms with Crippen LogP contribution in [-0.4, -0.2) is 37.5 Å². The van der Waals surface area contributed by atoms with Gasteiger partial charge >= 0.3 is 0 Å². The van der Waals surface area contributed by atoms with E-state index in [4.69, 9.17) is 20.6 Å². The maximum absolute atomic E-state index is 15.2. The monoisotopic (exact) mass is 460 g/mol. The van der Waals surface area contributed by atoms with Crippen LogP contribution >= 0.6 is 0 Å². The molecular formula is C24H30F2N4O3. The average Bonchev–Trinajstić information content (AvgIpc) is 3.32. The molecule has 5 N–H and O–H groups in total. The first-order valence-corrected chi connectivity index (χ1v) is 11.1. The van der Waals surface area contributed by atoms with Gasteiger partial charge in [-0.05, 0) is 50.4 Å². The summed E-state index contributed by atoms with van der Waals surface area (Å²) in [6.07, 6.45) is 1.40. The number of ether oxygens (including phenoxy) is 2. The van der Waals surface area contributed by atoms with Crippen molar-refractivity contribution in [2.45, 2.75) is 44.9 Å². The molecule has 0 bridgehead atoms. The number of halogens is 2. The van der Waals surface area contributed by atoms with E-state index in [1.165, 1.54) is 6.07 Å². The van der Waals surface area contributed by atoms with E-state index >= 15 is 4.39 Å². The molecule has 0 saturated carbocycles. The smallest absolute Gasteiger partial charge is 0.254 e. The lowest BCUT2D eigenvalue weighted by atomic mass is 10.1. The summed E-state index contributed by atoms with van der Waals surface area (Å²) in [5.74, 6) is -2.65. The molecule has 7 nitrogen and oxygen atoms in total. The summed E-state index contributed by atoms with van der Waals surface area (Å²) in [5, 5.41) is 13.4. The van der Waals surface area contributed by atoms with Crippen LogP contribution in [0.25, 0.3) is 0 Å². The number of carbonyl (C=O) groups is 1. The second kappa shape index (κ2) is 11.7. The number of rotatable bonds is 11. The number of nitrogens with two attached hydrogens (primary N) is 1. The summed E-state index contributed by atoms with van der Waals surface area (Å²) >= 11 is 0. The molecule has 1 amide bonds. The Morgan fingerprint density at radius 2 is 2.03 bits per heavy atom. The van der Waals surface area contributed by atoms with E-state index in [9.17, 15) is 9.18 Å². The van der Waals surface area contributed by atoms with Gasteiger partial charge in [-0.25, -0.2) is 8.78 Å². The molecule has 1 unspecified atom stereocenters. The lowest BCUT2D eigenvalue weighted by molar-refractivity contribution is -0.133. The Labute approximate surface area is 192 Å². The Morgan fingerprint density at radius 1 is 1.27 bits per heavy atom. The normalized spacial score (nSPS) is 16.4. The van der Waals surface area contributed by atoms with Crippen molar-refractivity contribution in [3.8, 4) is 5.75 Å². The molecule has 1 aliphatic heterocycles. The zero-order valence-electron chi connectivity index (χ0n) is 18.6. The highest BCUT2D eigenvalue weighted by Gasteiger charge is 2.30. The molecule has 0 aliphatic carbocycles. The molecule has 0 aromatic heterocycles. The van der Waals surface area contributed by atoms with E-state index < -0.39 is 29.2 Å². The molecule has 1 aliphatic rings. The molecule has 1 heterocycles. The van der Waals surface area contributed by atoms with Gasteiger partial charge in [0.1, 0.15) is 11.7 Å². The van der Waals surface area contributed by atoms with Gasteiger partial charge in [0.05, 0.1) is 12.2 Å². The molecule has 2 aromatic carbocycles. The van der Waals surface area contributed by atoms with Crippen LogP contribution in [0, 0.1) is 17.0 Å². The molecule has 178 valence electrons. The summed E-state index contributed by atoms with van der Waals surface area (Å²) < 4.78 is 40.8. The molecule has 1 fully saturated rings. The number of hydrogen-bond acceptors (Lipinski definition) is 5.